The largest absolute Gasteiger partial charge is 0.461 e. The molecule has 0 N–H and O–H groups in total. The lowest BCUT2D eigenvalue weighted by Crippen LogP contribution is -2.46. The van der Waals surface area contributed by atoms with Gasteiger partial charge in [-0.05, 0) is 51.1 Å². The van der Waals surface area contributed by atoms with E-state index in [2.05, 4.69) is 46.4 Å². The fourth-order valence-corrected chi connectivity index (χ4v) is 2.96. The summed E-state index contributed by atoms with van der Waals surface area (Å²) >= 11 is 0. The van der Waals surface area contributed by atoms with Gasteiger partial charge in [-0.25, -0.2) is 0 Å². The molecule has 0 atom stereocenters. The summed E-state index contributed by atoms with van der Waals surface area (Å²) in [5.74, 6) is -0.0853. The molecule has 0 unspecified atom stereocenters. The number of benzene rings is 1. The third kappa shape index (κ3) is 10.6. The van der Waals surface area contributed by atoms with Gasteiger partial charge >= 0.3 is 5.97 Å². The van der Waals surface area contributed by atoms with Crippen LogP contribution in [0.25, 0.3) is 0 Å². The molecular formula is C23H39NO2. The van der Waals surface area contributed by atoms with Crippen molar-refractivity contribution in [3.63, 3.8) is 0 Å². The second-order valence-corrected chi connectivity index (χ2v) is 9.46. The highest BCUT2D eigenvalue weighted by atomic mass is 16.5. The third-order valence-corrected chi connectivity index (χ3v) is 4.42. The van der Waals surface area contributed by atoms with Crippen molar-refractivity contribution in [1.82, 2.24) is 4.90 Å². The molecule has 0 saturated carbocycles. The number of hydrogen-bond acceptors (Lipinski definition) is 3. The number of carbonyl (C=O) groups excluding carboxylic acids is 1. The molecule has 1 aromatic rings. The first-order valence-corrected chi connectivity index (χ1v) is 10.0. The van der Waals surface area contributed by atoms with E-state index in [-0.39, 0.29) is 11.5 Å². The molecule has 0 amide bonds. The van der Waals surface area contributed by atoms with Crippen molar-refractivity contribution < 1.29 is 9.53 Å². The third-order valence-electron chi connectivity index (χ3n) is 4.42. The summed E-state index contributed by atoms with van der Waals surface area (Å²) < 4.78 is 5.33. The topological polar surface area (TPSA) is 29.5 Å². The van der Waals surface area contributed by atoms with Gasteiger partial charge in [-0.2, -0.15) is 0 Å². The number of carbonyl (C=O) groups is 1. The predicted molar refractivity (Wildman–Crippen MR) is 110 cm³/mol. The first kappa shape index (κ1) is 22.7. The van der Waals surface area contributed by atoms with Gasteiger partial charge in [0.1, 0.15) is 6.61 Å². The summed E-state index contributed by atoms with van der Waals surface area (Å²) in [7, 11) is 0. The molecule has 0 aliphatic carbocycles. The smallest absolute Gasteiger partial charge is 0.306 e. The van der Waals surface area contributed by atoms with Crippen LogP contribution in [0.15, 0.2) is 30.3 Å². The van der Waals surface area contributed by atoms with E-state index in [1.165, 1.54) is 12.8 Å². The number of ether oxygens (including phenoxy) is 1. The van der Waals surface area contributed by atoms with E-state index in [0.29, 0.717) is 18.4 Å². The summed E-state index contributed by atoms with van der Waals surface area (Å²) in [5.41, 5.74) is 1.56. The van der Waals surface area contributed by atoms with Gasteiger partial charge in [-0.1, -0.05) is 63.9 Å². The van der Waals surface area contributed by atoms with E-state index < -0.39 is 0 Å². The van der Waals surface area contributed by atoms with E-state index in [1.807, 2.05) is 30.3 Å². The summed E-state index contributed by atoms with van der Waals surface area (Å²) in [4.78, 5) is 14.4. The number of hydrogen-bond donors (Lipinski definition) is 0. The maximum Gasteiger partial charge on any atom is 0.306 e. The van der Waals surface area contributed by atoms with E-state index >= 15 is 0 Å². The molecule has 0 aliphatic heterocycles. The Bertz CT molecular complexity index is 511. The molecular weight excluding hydrogens is 322 g/mol. The molecule has 0 radical (unpaired) electrons. The Morgan fingerprint density at radius 2 is 1.54 bits per heavy atom. The lowest BCUT2D eigenvalue weighted by atomic mass is 9.92. The minimum atomic E-state index is -0.0853. The van der Waals surface area contributed by atoms with E-state index in [9.17, 15) is 4.79 Å². The average molecular weight is 362 g/mol. The van der Waals surface area contributed by atoms with Crippen molar-refractivity contribution in [1.29, 1.82) is 0 Å². The Morgan fingerprint density at radius 3 is 2.12 bits per heavy atom. The Hall–Kier alpha value is -1.35. The Morgan fingerprint density at radius 1 is 0.923 bits per heavy atom. The van der Waals surface area contributed by atoms with Gasteiger partial charge in [0, 0.05) is 18.5 Å². The Balaban J connectivity index is 2.16. The van der Waals surface area contributed by atoms with Crippen LogP contribution in [0.5, 0.6) is 0 Å². The van der Waals surface area contributed by atoms with Crippen molar-refractivity contribution in [2.75, 3.05) is 13.1 Å². The first-order chi connectivity index (χ1) is 12.1. The van der Waals surface area contributed by atoms with Gasteiger partial charge in [0.05, 0.1) is 0 Å². The van der Waals surface area contributed by atoms with Crippen LogP contribution < -0.4 is 0 Å². The van der Waals surface area contributed by atoms with Gasteiger partial charge in [-0.15, -0.1) is 0 Å². The quantitative estimate of drug-likeness (QED) is 0.388. The minimum Gasteiger partial charge on any atom is -0.461 e. The number of rotatable bonds is 10. The monoisotopic (exact) mass is 361 g/mol. The van der Waals surface area contributed by atoms with Gasteiger partial charge < -0.3 is 4.74 Å². The van der Waals surface area contributed by atoms with Crippen molar-refractivity contribution >= 4 is 5.97 Å². The molecule has 0 heterocycles. The molecule has 0 aromatic heterocycles. The van der Waals surface area contributed by atoms with Crippen LogP contribution in [0.3, 0.4) is 0 Å². The lowest BCUT2D eigenvalue weighted by molar-refractivity contribution is -0.145. The molecule has 0 bridgehead atoms. The van der Waals surface area contributed by atoms with Crippen LogP contribution in [0.2, 0.25) is 0 Å². The second kappa shape index (κ2) is 10.7. The molecule has 0 spiro atoms. The highest BCUT2D eigenvalue weighted by molar-refractivity contribution is 5.69. The summed E-state index contributed by atoms with van der Waals surface area (Å²) in [5, 5.41) is 0. The van der Waals surface area contributed by atoms with Crippen LogP contribution in [0, 0.1) is 5.41 Å². The van der Waals surface area contributed by atoms with Crippen molar-refractivity contribution in [3.05, 3.63) is 35.9 Å². The average Bonchev–Trinajstić information content (AvgIpc) is 2.54. The van der Waals surface area contributed by atoms with Crippen molar-refractivity contribution in [2.24, 2.45) is 5.41 Å². The van der Waals surface area contributed by atoms with E-state index in [0.717, 1.165) is 31.5 Å². The van der Waals surface area contributed by atoms with E-state index in [4.69, 9.17) is 4.74 Å². The van der Waals surface area contributed by atoms with Gasteiger partial charge in [0.2, 0.25) is 0 Å². The normalized spacial score (nSPS) is 12.4. The van der Waals surface area contributed by atoms with Crippen LogP contribution in [0.4, 0.5) is 0 Å². The SMILES string of the molecule is CC(C)(C)CN(CCCCCCC(=O)OCc1ccccc1)C(C)(C)C. The molecule has 1 aromatic carbocycles. The zero-order valence-corrected chi connectivity index (χ0v) is 17.8. The van der Waals surface area contributed by atoms with Gasteiger partial charge in [0.15, 0.2) is 0 Å². The Labute approximate surface area is 161 Å². The van der Waals surface area contributed by atoms with E-state index in [1.54, 1.807) is 0 Å². The van der Waals surface area contributed by atoms with Gasteiger partial charge in [0.25, 0.3) is 0 Å². The van der Waals surface area contributed by atoms with Crippen molar-refractivity contribution in [3.8, 4) is 0 Å². The molecule has 1 rings (SSSR count). The molecule has 0 fully saturated rings. The number of unbranched alkanes of at least 4 members (excludes halogenated alkanes) is 3. The molecule has 0 aliphatic rings. The standard InChI is InChI=1S/C23H39NO2/c1-22(2,3)19-24(23(4,5)6)17-13-8-7-12-16-21(25)26-18-20-14-10-9-11-15-20/h9-11,14-15H,7-8,12-13,16-19H2,1-6H3. The minimum absolute atomic E-state index is 0.0853. The zero-order valence-electron chi connectivity index (χ0n) is 17.8. The maximum absolute atomic E-state index is 11.8. The van der Waals surface area contributed by atoms with Gasteiger partial charge in [-0.3, -0.25) is 9.69 Å². The zero-order chi connectivity index (χ0) is 19.6. The van der Waals surface area contributed by atoms with Crippen LogP contribution >= 0.6 is 0 Å². The van der Waals surface area contributed by atoms with Crippen molar-refractivity contribution in [2.45, 2.75) is 85.8 Å². The summed E-state index contributed by atoms with van der Waals surface area (Å²) in [6.45, 7) is 16.4. The fraction of sp³-hybridized carbons (Fsp3) is 0.696. The maximum atomic E-state index is 11.8. The molecule has 0 saturated heterocycles. The summed E-state index contributed by atoms with van der Waals surface area (Å²) in [6, 6.07) is 9.85. The molecule has 3 nitrogen and oxygen atoms in total. The predicted octanol–water partition coefficient (Wildman–Crippen LogP) is 5.83. The highest BCUT2D eigenvalue weighted by Gasteiger charge is 2.25. The number of nitrogens with zero attached hydrogens (tertiary/aromatic N) is 1. The highest BCUT2D eigenvalue weighted by Crippen LogP contribution is 2.23. The molecule has 26 heavy (non-hydrogen) atoms. The van der Waals surface area contributed by atoms with Crippen LogP contribution in [-0.4, -0.2) is 29.5 Å². The second-order valence-electron chi connectivity index (χ2n) is 9.46. The lowest BCUT2D eigenvalue weighted by Gasteiger charge is -2.40. The first-order valence-electron chi connectivity index (χ1n) is 10.0. The molecule has 3 heteroatoms. The summed E-state index contributed by atoms with van der Waals surface area (Å²) in [6.07, 6.45) is 4.89. The fourth-order valence-electron chi connectivity index (χ4n) is 2.96. The van der Waals surface area contributed by atoms with Crippen LogP contribution in [-0.2, 0) is 16.1 Å². The molecule has 148 valence electrons. The Kier molecular flexibility index (Phi) is 9.35. The number of esters is 1. The van der Waals surface area contributed by atoms with Crippen LogP contribution in [0.1, 0.15) is 79.2 Å².